The molecular weight excluding hydrogens is 500 g/mol. The predicted molar refractivity (Wildman–Crippen MR) is 149 cm³/mol. The summed E-state index contributed by atoms with van der Waals surface area (Å²) in [6, 6.07) is 10.1. The van der Waals surface area contributed by atoms with Crippen LogP contribution in [0.1, 0.15) is 36.5 Å². The fourth-order valence-electron chi connectivity index (χ4n) is 4.77. The Morgan fingerprint density at radius 3 is 2.44 bits per heavy atom. The maximum atomic E-state index is 12.9. The lowest BCUT2D eigenvalue weighted by atomic mass is 10.1. The van der Waals surface area contributed by atoms with E-state index in [4.69, 9.17) is 23.8 Å². The summed E-state index contributed by atoms with van der Waals surface area (Å²) >= 11 is 12.0. The van der Waals surface area contributed by atoms with Crippen LogP contribution in [0.15, 0.2) is 36.4 Å². The Kier molecular flexibility index (Phi) is 8.60. The zero-order valence-electron chi connectivity index (χ0n) is 20.3. The number of carbonyl (C=O) groups excluding carboxylic acids is 1. The molecule has 0 atom stereocenters. The Morgan fingerprint density at radius 1 is 1.06 bits per heavy atom. The summed E-state index contributed by atoms with van der Waals surface area (Å²) in [6.45, 7) is 8.25. The SMILES string of the molecule is CCN1CCN(c2c(Cl)cccc2NC(=S)NC(=O)c2ccc(N3CCCCC3)c([N+](=O)[O-])c2)CC1. The summed E-state index contributed by atoms with van der Waals surface area (Å²) in [5.74, 6) is -0.513. The molecule has 11 heteroatoms. The average Bonchev–Trinajstić information content (AvgIpc) is 2.89. The highest BCUT2D eigenvalue weighted by molar-refractivity contribution is 7.80. The Labute approximate surface area is 221 Å². The second-order valence-electron chi connectivity index (χ2n) is 8.97. The molecule has 9 nitrogen and oxygen atoms in total. The molecule has 2 aliphatic rings. The van der Waals surface area contributed by atoms with E-state index >= 15 is 0 Å². The number of nitro groups is 1. The number of anilines is 3. The maximum Gasteiger partial charge on any atom is 0.293 e. The number of halogens is 1. The molecule has 1 amide bonds. The number of nitrogens with one attached hydrogen (secondary N) is 2. The molecule has 0 unspecified atom stereocenters. The van der Waals surface area contributed by atoms with Crippen LogP contribution in [-0.2, 0) is 0 Å². The molecule has 2 aromatic carbocycles. The van der Waals surface area contributed by atoms with Crippen molar-refractivity contribution in [3.05, 3.63) is 57.1 Å². The van der Waals surface area contributed by atoms with Crippen LogP contribution in [0, 0.1) is 10.1 Å². The van der Waals surface area contributed by atoms with Gasteiger partial charge in [-0.1, -0.05) is 24.6 Å². The van der Waals surface area contributed by atoms with Crippen LogP contribution in [0.25, 0.3) is 0 Å². The summed E-state index contributed by atoms with van der Waals surface area (Å²) < 4.78 is 0. The topological polar surface area (TPSA) is 94.0 Å². The summed E-state index contributed by atoms with van der Waals surface area (Å²) in [4.78, 5) is 30.8. The number of piperazine rings is 1. The van der Waals surface area contributed by atoms with Crippen LogP contribution in [0.4, 0.5) is 22.7 Å². The Bertz CT molecular complexity index is 1130. The number of hydrogen-bond acceptors (Lipinski definition) is 7. The van der Waals surface area contributed by atoms with Crippen molar-refractivity contribution < 1.29 is 9.72 Å². The van der Waals surface area contributed by atoms with E-state index in [0.717, 1.165) is 70.8 Å². The molecule has 0 aromatic heterocycles. The zero-order chi connectivity index (χ0) is 25.7. The third-order valence-electron chi connectivity index (χ3n) is 6.73. The summed E-state index contributed by atoms with van der Waals surface area (Å²) in [6.07, 6.45) is 3.12. The lowest BCUT2D eigenvalue weighted by Crippen LogP contribution is -2.46. The molecule has 2 aromatic rings. The number of rotatable bonds is 6. The molecule has 0 spiro atoms. The van der Waals surface area contributed by atoms with Gasteiger partial charge in [-0.05, 0) is 62.3 Å². The van der Waals surface area contributed by atoms with Gasteiger partial charge >= 0.3 is 0 Å². The first-order chi connectivity index (χ1) is 17.4. The van der Waals surface area contributed by atoms with Gasteiger partial charge in [0.05, 0.1) is 21.3 Å². The van der Waals surface area contributed by atoms with Crippen LogP contribution in [-0.4, -0.2) is 66.7 Å². The molecule has 0 saturated carbocycles. The third kappa shape index (κ3) is 6.05. The van der Waals surface area contributed by atoms with E-state index < -0.39 is 10.8 Å². The Morgan fingerprint density at radius 2 is 1.78 bits per heavy atom. The number of para-hydroxylation sites is 1. The van der Waals surface area contributed by atoms with Crippen LogP contribution in [0.3, 0.4) is 0 Å². The highest BCUT2D eigenvalue weighted by Crippen LogP contribution is 2.35. The number of hydrogen-bond donors (Lipinski definition) is 2. The Hall–Kier alpha value is -2.95. The quantitative estimate of drug-likeness (QED) is 0.320. The number of nitro benzene ring substituents is 1. The molecule has 2 saturated heterocycles. The minimum absolute atomic E-state index is 0.0771. The monoisotopic (exact) mass is 530 g/mol. The minimum Gasteiger partial charge on any atom is -0.366 e. The summed E-state index contributed by atoms with van der Waals surface area (Å²) in [5, 5.41) is 18.2. The van der Waals surface area contributed by atoms with Gasteiger partial charge in [-0.25, -0.2) is 0 Å². The van der Waals surface area contributed by atoms with E-state index in [9.17, 15) is 14.9 Å². The molecule has 4 rings (SSSR count). The van der Waals surface area contributed by atoms with Gasteiger partial charge in [-0.3, -0.25) is 20.2 Å². The van der Waals surface area contributed by atoms with Gasteiger partial charge in [-0.15, -0.1) is 0 Å². The smallest absolute Gasteiger partial charge is 0.293 e. The number of thiocarbonyl (C=S) groups is 1. The number of amides is 1. The summed E-state index contributed by atoms with van der Waals surface area (Å²) in [5.41, 5.74) is 2.18. The number of benzene rings is 2. The summed E-state index contributed by atoms with van der Waals surface area (Å²) in [7, 11) is 0. The van der Waals surface area contributed by atoms with Crippen LogP contribution < -0.4 is 20.4 Å². The maximum absolute atomic E-state index is 12.9. The van der Waals surface area contributed by atoms with Crippen molar-refractivity contribution in [3.63, 3.8) is 0 Å². The number of nitrogens with zero attached hydrogens (tertiary/aromatic N) is 4. The van der Waals surface area contributed by atoms with E-state index in [1.165, 1.54) is 6.07 Å². The van der Waals surface area contributed by atoms with E-state index in [2.05, 4.69) is 27.4 Å². The largest absolute Gasteiger partial charge is 0.366 e. The van der Waals surface area contributed by atoms with Crippen molar-refractivity contribution in [1.29, 1.82) is 0 Å². The minimum atomic E-state index is -0.513. The van der Waals surface area contributed by atoms with Crippen LogP contribution in [0.2, 0.25) is 5.02 Å². The van der Waals surface area contributed by atoms with Crippen molar-refractivity contribution in [1.82, 2.24) is 10.2 Å². The van der Waals surface area contributed by atoms with E-state index in [0.29, 0.717) is 16.4 Å². The van der Waals surface area contributed by atoms with Gasteiger partial charge in [0.25, 0.3) is 11.6 Å². The predicted octanol–water partition coefficient (Wildman–Crippen LogP) is 4.51. The first-order valence-electron chi connectivity index (χ1n) is 12.3. The molecule has 0 radical (unpaired) electrons. The molecule has 192 valence electrons. The first-order valence-corrected chi connectivity index (χ1v) is 13.1. The van der Waals surface area contributed by atoms with Gasteiger partial charge in [0.1, 0.15) is 5.69 Å². The molecule has 2 heterocycles. The van der Waals surface area contributed by atoms with Crippen molar-refractivity contribution in [2.45, 2.75) is 26.2 Å². The van der Waals surface area contributed by atoms with E-state index in [1.54, 1.807) is 12.1 Å². The van der Waals surface area contributed by atoms with Crippen molar-refractivity contribution in [2.75, 3.05) is 60.9 Å². The molecule has 0 bridgehead atoms. The molecule has 36 heavy (non-hydrogen) atoms. The van der Waals surface area contributed by atoms with E-state index in [-0.39, 0.29) is 16.4 Å². The van der Waals surface area contributed by atoms with Crippen molar-refractivity contribution in [3.8, 4) is 0 Å². The molecule has 2 aliphatic heterocycles. The van der Waals surface area contributed by atoms with Crippen LogP contribution >= 0.6 is 23.8 Å². The van der Waals surface area contributed by atoms with E-state index in [1.807, 2.05) is 23.1 Å². The van der Waals surface area contributed by atoms with Crippen molar-refractivity contribution >= 4 is 57.6 Å². The lowest BCUT2D eigenvalue weighted by Gasteiger charge is -2.37. The second-order valence-corrected chi connectivity index (χ2v) is 9.79. The van der Waals surface area contributed by atoms with Crippen LogP contribution in [0.5, 0.6) is 0 Å². The van der Waals surface area contributed by atoms with Gasteiger partial charge in [0.2, 0.25) is 0 Å². The first kappa shape index (κ1) is 26.1. The Balaban J connectivity index is 1.46. The van der Waals surface area contributed by atoms with Gasteiger partial charge in [0, 0.05) is 50.9 Å². The number of piperidine rings is 1. The van der Waals surface area contributed by atoms with Gasteiger partial charge in [-0.2, -0.15) is 0 Å². The fourth-order valence-corrected chi connectivity index (χ4v) is 5.26. The lowest BCUT2D eigenvalue weighted by molar-refractivity contribution is -0.384. The molecule has 2 fully saturated rings. The molecule has 0 aliphatic carbocycles. The number of carbonyl (C=O) groups is 1. The highest BCUT2D eigenvalue weighted by atomic mass is 35.5. The highest BCUT2D eigenvalue weighted by Gasteiger charge is 2.24. The van der Waals surface area contributed by atoms with Gasteiger partial charge in [0.15, 0.2) is 5.11 Å². The fraction of sp³-hybridized carbons (Fsp3) is 0.440. The zero-order valence-corrected chi connectivity index (χ0v) is 21.9. The second kappa shape index (κ2) is 11.9. The van der Waals surface area contributed by atoms with Gasteiger partial charge < -0.3 is 20.0 Å². The average molecular weight is 531 g/mol. The van der Waals surface area contributed by atoms with Crippen molar-refractivity contribution in [2.24, 2.45) is 0 Å². The third-order valence-corrected chi connectivity index (χ3v) is 7.24. The molecular formula is C25H31ClN6O3S. The standard InChI is InChI=1S/C25H31ClN6O3S/c1-2-29-13-15-31(16-14-29)23-19(26)7-6-8-20(23)27-25(36)28-24(33)18-9-10-21(22(17-18)32(34)35)30-11-4-3-5-12-30/h6-10,17H,2-5,11-16H2,1H3,(H2,27,28,33,36). The molecule has 2 N–H and O–H groups in total. The number of likely N-dealkylation sites (N-methyl/N-ethyl adjacent to an activating group) is 1. The normalized spacial score (nSPS) is 16.5.